The van der Waals surface area contributed by atoms with Crippen LogP contribution in [0.15, 0.2) is 60.7 Å². The molecule has 1 amide bonds. The summed E-state index contributed by atoms with van der Waals surface area (Å²) in [7, 11) is 2.57. The number of methoxy groups -OCH3 is 2. The van der Waals surface area contributed by atoms with Gasteiger partial charge in [-0.3, -0.25) is 19.5 Å². The third-order valence-corrected chi connectivity index (χ3v) is 7.18. The van der Waals surface area contributed by atoms with E-state index in [1.54, 1.807) is 0 Å². The molecule has 0 aromatic heterocycles. The Morgan fingerprint density at radius 3 is 1.89 bits per heavy atom. The van der Waals surface area contributed by atoms with Crippen molar-refractivity contribution in [2.75, 3.05) is 40.5 Å². The van der Waals surface area contributed by atoms with Crippen molar-refractivity contribution >= 4 is 17.8 Å². The van der Waals surface area contributed by atoms with E-state index in [4.69, 9.17) is 14.2 Å². The van der Waals surface area contributed by atoms with Gasteiger partial charge in [-0.05, 0) is 11.1 Å². The summed E-state index contributed by atoms with van der Waals surface area (Å²) in [5.41, 5.74) is 1.74. The Morgan fingerprint density at radius 2 is 1.34 bits per heavy atom. The molecule has 5 rings (SSSR count). The number of esters is 2. The first-order valence-corrected chi connectivity index (χ1v) is 11.8. The average Bonchev–Trinajstić information content (AvgIpc) is 3.41. The quantitative estimate of drug-likeness (QED) is 0.598. The van der Waals surface area contributed by atoms with Gasteiger partial charge in [-0.2, -0.15) is 5.01 Å². The molecular weight excluding hydrogens is 450 g/mol. The van der Waals surface area contributed by atoms with Crippen molar-refractivity contribution in [3.63, 3.8) is 0 Å². The van der Waals surface area contributed by atoms with Crippen LogP contribution in [-0.4, -0.2) is 85.4 Å². The highest BCUT2D eigenvalue weighted by Crippen LogP contribution is 2.52. The van der Waals surface area contributed by atoms with E-state index in [9.17, 15) is 14.4 Å². The van der Waals surface area contributed by atoms with Crippen LogP contribution < -0.4 is 0 Å². The lowest BCUT2D eigenvalue weighted by molar-refractivity contribution is -0.161. The van der Waals surface area contributed by atoms with Gasteiger partial charge in [0.2, 0.25) is 0 Å². The van der Waals surface area contributed by atoms with E-state index in [2.05, 4.69) is 4.90 Å². The van der Waals surface area contributed by atoms with Crippen LogP contribution >= 0.6 is 0 Å². The molecule has 9 nitrogen and oxygen atoms in total. The number of hydrazine groups is 1. The largest absolute Gasteiger partial charge is 0.469 e. The molecule has 0 aliphatic carbocycles. The summed E-state index contributed by atoms with van der Waals surface area (Å²) in [5.74, 6) is -2.39. The fourth-order valence-corrected chi connectivity index (χ4v) is 5.71. The van der Waals surface area contributed by atoms with Gasteiger partial charge in [0.05, 0.1) is 39.5 Å². The normalized spacial score (nSPS) is 29.1. The van der Waals surface area contributed by atoms with Gasteiger partial charge in [0.1, 0.15) is 12.0 Å². The van der Waals surface area contributed by atoms with E-state index < -0.39 is 42.0 Å². The maximum atomic E-state index is 14.2. The van der Waals surface area contributed by atoms with E-state index in [-0.39, 0.29) is 5.91 Å². The number of hydrogen-bond donors (Lipinski definition) is 0. The van der Waals surface area contributed by atoms with Gasteiger partial charge in [-0.1, -0.05) is 60.7 Å². The van der Waals surface area contributed by atoms with Crippen LogP contribution in [-0.2, 0) is 28.6 Å². The number of hydrogen-bond acceptors (Lipinski definition) is 8. The Labute approximate surface area is 204 Å². The van der Waals surface area contributed by atoms with Crippen molar-refractivity contribution in [3.8, 4) is 0 Å². The molecule has 5 atom stereocenters. The molecule has 0 unspecified atom stereocenters. The van der Waals surface area contributed by atoms with Gasteiger partial charge in [-0.15, -0.1) is 0 Å². The fourth-order valence-electron chi connectivity index (χ4n) is 5.71. The molecule has 0 N–H and O–H groups in total. The van der Waals surface area contributed by atoms with Gasteiger partial charge in [0, 0.05) is 13.1 Å². The van der Waals surface area contributed by atoms with Crippen molar-refractivity contribution < 1.29 is 28.6 Å². The average molecular weight is 480 g/mol. The Balaban J connectivity index is 1.71. The van der Waals surface area contributed by atoms with Gasteiger partial charge in [0.15, 0.2) is 6.04 Å². The van der Waals surface area contributed by atoms with Crippen LogP contribution in [0.2, 0.25) is 0 Å². The number of ether oxygens (including phenoxy) is 3. The molecule has 3 aliphatic heterocycles. The number of carbonyl (C=O) groups is 3. The van der Waals surface area contributed by atoms with Crippen molar-refractivity contribution in [3.05, 3.63) is 71.8 Å². The van der Waals surface area contributed by atoms with Gasteiger partial charge >= 0.3 is 11.9 Å². The summed E-state index contributed by atoms with van der Waals surface area (Å²) in [6.45, 7) is 2.25. The second kappa shape index (κ2) is 9.77. The van der Waals surface area contributed by atoms with Crippen molar-refractivity contribution in [1.29, 1.82) is 0 Å². The van der Waals surface area contributed by atoms with Crippen LogP contribution in [0.5, 0.6) is 0 Å². The van der Waals surface area contributed by atoms with Crippen LogP contribution in [0.4, 0.5) is 0 Å². The third-order valence-electron chi connectivity index (χ3n) is 7.18. The zero-order chi connectivity index (χ0) is 24.5. The number of rotatable bonds is 5. The first-order valence-electron chi connectivity index (χ1n) is 11.8. The molecule has 0 radical (unpaired) electrons. The molecule has 3 fully saturated rings. The lowest BCUT2D eigenvalue weighted by Gasteiger charge is -2.37. The van der Waals surface area contributed by atoms with E-state index in [0.29, 0.717) is 26.3 Å². The molecule has 3 saturated heterocycles. The summed E-state index contributed by atoms with van der Waals surface area (Å²) in [5, 5.41) is 3.37. The number of amides is 1. The minimum Gasteiger partial charge on any atom is -0.469 e. The summed E-state index contributed by atoms with van der Waals surface area (Å²) in [6, 6.07) is 16.5. The summed E-state index contributed by atoms with van der Waals surface area (Å²) >= 11 is 0. The maximum Gasteiger partial charge on any atom is 0.331 e. The summed E-state index contributed by atoms with van der Waals surface area (Å²) in [4.78, 5) is 42.6. The topological polar surface area (TPSA) is 88.6 Å². The molecular formula is C26H29N3O6. The fraction of sp³-hybridized carbons (Fsp3) is 0.423. The predicted octanol–water partition coefficient (Wildman–Crippen LogP) is 1.57. The molecule has 9 heteroatoms. The highest BCUT2D eigenvalue weighted by atomic mass is 16.5. The Hall–Kier alpha value is -3.27. The molecule has 35 heavy (non-hydrogen) atoms. The first-order chi connectivity index (χ1) is 17.1. The highest BCUT2D eigenvalue weighted by Gasteiger charge is 2.66. The Bertz CT molecular complexity index is 1080. The molecule has 2 aromatic rings. The number of fused-ring (bicyclic) bond motifs is 1. The number of carbonyl (C=O) groups excluding carboxylic acids is 3. The van der Waals surface area contributed by atoms with E-state index in [0.717, 1.165) is 11.1 Å². The SMILES string of the molecule is COC(=O)[C@H]1[C@@H](c2ccccc2)N2[C@@H](c3ccccc3)[C@H](N3CCOCC3)C(=O)N2[C@H]1C(=O)OC. The van der Waals surface area contributed by atoms with Crippen LogP contribution in [0.25, 0.3) is 0 Å². The molecule has 0 bridgehead atoms. The monoisotopic (exact) mass is 479 g/mol. The van der Waals surface area contributed by atoms with Gasteiger partial charge < -0.3 is 14.2 Å². The molecule has 3 heterocycles. The minimum absolute atomic E-state index is 0.233. The maximum absolute atomic E-state index is 14.2. The second-order valence-corrected chi connectivity index (χ2v) is 8.88. The Morgan fingerprint density at radius 1 is 0.800 bits per heavy atom. The van der Waals surface area contributed by atoms with E-state index >= 15 is 0 Å². The highest BCUT2D eigenvalue weighted by molar-refractivity contribution is 5.94. The summed E-state index contributed by atoms with van der Waals surface area (Å²) in [6.07, 6.45) is 0. The lowest BCUT2D eigenvalue weighted by Crippen LogP contribution is -2.52. The predicted molar refractivity (Wildman–Crippen MR) is 125 cm³/mol. The van der Waals surface area contributed by atoms with Gasteiger partial charge in [-0.25, -0.2) is 4.79 Å². The van der Waals surface area contributed by atoms with Crippen LogP contribution in [0.3, 0.4) is 0 Å². The van der Waals surface area contributed by atoms with Crippen LogP contribution in [0, 0.1) is 5.92 Å². The first kappa shape index (κ1) is 23.5. The minimum atomic E-state index is -1.14. The van der Waals surface area contributed by atoms with Crippen molar-refractivity contribution in [2.45, 2.75) is 24.2 Å². The molecule has 2 aromatic carbocycles. The van der Waals surface area contributed by atoms with Crippen molar-refractivity contribution in [1.82, 2.24) is 14.9 Å². The molecule has 3 aliphatic rings. The zero-order valence-electron chi connectivity index (χ0n) is 19.8. The molecule has 184 valence electrons. The van der Waals surface area contributed by atoms with E-state index in [1.165, 1.54) is 19.2 Å². The number of nitrogens with zero attached hydrogens (tertiary/aromatic N) is 3. The standard InChI is InChI=1S/C26H29N3O6/c1-33-25(31)19-20(17-9-5-3-6-10-17)28-21(18-11-7-4-8-12-18)23(27-13-15-35-16-14-27)24(30)29(28)22(19)26(32)34-2/h3-12,19-23H,13-16H2,1-2H3/t19-,20+,21-,22+,23-/m0/s1. The second-order valence-electron chi connectivity index (χ2n) is 8.88. The van der Waals surface area contributed by atoms with Crippen molar-refractivity contribution in [2.24, 2.45) is 5.92 Å². The van der Waals surface area contributed by atoms with E-state index in [1.807, 2.05) is 65.7 Å². The number of morpholine rings is 1. The molecule has 0 saturated carbocycles. The zero-order valence-corrected chi connectivity index (χ0v) is 19.8. The third kappa shape index (κ3) is 3.89. The Kier molecular flexibility index (Phi) is 6.55. The van der Waals surface area contributed by atoms with Gasteiger partial charge in [0.25, 0.3) is 5.91 Å². The molecule has 0 spiro atoms. The van der Waals surface area contributed by atoms with Crippen LogP contribution in [0.1, 0.15) is 23.2 Å². The lowest BCUT2D eigenvalue weighted by atomic mass is 9.85. The summed E-state index contributed by atoms with van der Waals surface area (Å²) < 4.78 is 15.8. The smallest absolute Gasteiger partial charge is 0.331 e. The number of benzene rings is 2.